The first kappa shape index (κ1) is 16.2. The second kappa shape index (κ2) is 6.09. The average Bonchev–Trinajstić information content (AvgIpc) is 2.81. The molecule has 0 amide bonds. The lowest BCUT2D eigenvalue weighted by Gasteiger charge is -2.03. The number of esters is 1. The summed E-state index contributed by atoms with van der Waals surface area (Å²) in [4.78, 5) is 39.8. The van der Waals surface area contributed by atoms with Gasteiger partial charge in [0.25, 0.3) is 5.56 Å². The van der Waals surface area contributed by atoms with E-state index in [2.05, 4.69) is 22.1 Å². The molecule has 0 bridgehead atoms. The van der Waals surface area contributed by atoms with Gasteiger partial charge in [0.2, 0.25) is 0 Å². The van der Waals surface area contributed by atoms with Crippen LogP contribution in [0.15, 0.2) is 27.8 Å². The molecule has 2 N–H and O–H groups in total. The molecule has 0 fully saturated rings. The van der Waals surface area contributed by atoms with E-state index in [1.807, 2.05) is 20.8 Å². The van der Waals surface area contributed by atoms with Gasteiger partial charge in [-0.05, 0) is 48.9 Å². The van der Waals surface area contributed by atoms with E-state index in [1.165, 1.54) is 28.5 Å². The number of H-pyrrole nitrogens is 2. The summed E-state index contributed by atoms with van der Waals surface area (Å²) in [5.74, 6) is -0.467. The van der Waals surface area contributed by atoms with Crippen LogP contribution in [0.1, 0.15) is 32.1 Å². The summed E-state index contributed by atoms with van der Waals surface area (Å²) in [5, 5.41) is 1.04. The number of aromatic amines is 2. The number of benzene rings is 1. The highest BCUT2D eigenvalue weighted by Crippen LogP contribution is 2.33. The van der Waals surface area contributed by atoms with Gasteiger partial charge in [-0.1, -0.05) is 6.07 Å². The van der Waals surface area contributed by atoms with Crippen LogP contribution in [0.3, 0.4) is 0 Å². The van der Waals surface area contributed by atoms with Gasteiger partial charge in [0.05, 0.1) is 5.69 Å². The third-order valence-electron chi connectivity index (χ3n) is 3.91. The zero-order chi connectivity index (χ0) is 17.4. The van der Waals surface area contributed by atoms with Gasteiger partial charge in [0.1, 0.15) is 11.5 Å². The molecule has 2 heterocycles. The van der Waals surface area contributed by atoms with Crippen LogP contribution in [0, 0.1) is 20.8 Å². The van der Waals surface area contributed by atoms with E-state index >= 15 is 0 Å². The minimum absolute atomic E-state index is 0.163. The molecule has 24 heavy (non-hydrogen) atoms. The molecule has 3 rings (SSSR count). The van der Waals surface area contributed by atoms with Crippen LogP contribution >= 0.6 is 11.3 Å². The predicted octanol–water partition coefficient (Wildman–Crippen LogP) is 2.56. The van der Waals surface area contributed by atoms with E-state index in [0.717, 1.165) is 15.6 Å². The van der Waals surface area contributed by atoms with E-state index in [4.69, 9.17) is 4.74 Å². The quantitative estimate of drug-likeness (QED) is 0.714. The van der Waals surface area contributed by atoms with Crippen molar-refractivity contribution in [3.63, 3.8) is 0 Å². The van der Waals surface area contributed by atoms with Crippen molar-refractivity contribution in [2.75, 3.05) is 0 Å². The molecule has 0 aliphatic heterocycles. The number of hydrogen-bond donors (Lipinski definition) is 2. The molecule has 0 radical (unpaired) electrons. The van der Waals surface area contributed by atoms with Gasteiger partial charge < -0.3 is 9.72 Å². The number of thiophene rings is 1. The first-order chi connectivity index (χ1) is 11.3. The Morgan fingerprint density at radius 3 is 2.50 bits per heavy atom. The summed E-state index contributed by atoms with van der Waals surface area (Å²) in [5.41, 5.74) is 2.31. The van der Waals surface area contributed by atoms with Crippen LogP contribution in [0.2, 0.25) is 0 Å². The molecule has 124 valence electrons. The lowest BCUT2D eigenvalue weighted by Crippen LogP contribution is -2.23. The number of carbonyl (C=O) groups excluding carboxylic acids is 1. The van der Waals surface area contributed by atoms with E-state index in [0.29, 0.717) is 4.88 Å². The molecule has 0 spiro atoms. The Hall–Kier alpha value is -2.67. The average molecular weight is 344 g/mol. The molecule has 0 atom stereocenters. The first-order valence-electron chi connectivity index (χ1n) is 7.35. The van der Waals surface area contributed by atoms with Crippen molar-refractivity contribution in [1.29, 1.82) is 0 Å². The maximum absolute atomic E-state index is 12.4. The number of fused-ring (bicyclic) bond motifs is 1. The summed E-state index contributed by atoms with van der Waals surface area (Å²) >= 11 is 1.38. The summed E-state index contributed by atoms with van der Waals surface area (Å²) < 4.78 is 6.28. The third-order valence-corrected chi connectivity index (χ3v) is 5.15. The van der Waals surface area contributed by atoms with Crippen molar-refractivity contribution in [2.45, 2.75) is 27.4 Å². The number of nitrogens with one attached hydrogen (secondary N) is 2. The second-order valence-corrected chi connectivity index (χ2v) is 6.73. The smallest absolute Gasteiger partial charge is 0.349 e. The molecular weight excluding hydrogens is 328 g/mol. The standard InChI is InChI=1S/C17H16N2O4S/c1-8-4-12-10(3)15(24-13(12)5-9(8)2)16(21)23-7-11-6-14(20)19-17(22)18-11/h4-6H,7H2,1-3H3,(H2,18,19,20,22). The summed E-state index contributed by atoms with van der Waals surface area (Å²) in [6.07, 6.45) is 0. The van der Waals surface area contributed by atoms with Crippen LogP contribution < -0.4 is 11.2 Å². The maximum atomic E-state index is 12.4. The Balaban J connectivity index is 1.87. The van der Waals surface area contributed by atoms with E-state index < -0.39 is 17.2 Å². The van der Waals surface area contributed by atoms with Gasteiger partial charge in [-0.15, -0.1) is 11.3 Å². The second-order valence-electron chi connectivity index (χ2n) is 5.68. The van der Waals surface area contributed by atoms with Gasteiger partial charge in [-0.25, -0.2) is 9.59 Å². The number of hydrogen-bond acceptors (Lipinski definition) is 5. The Morgan fingerprint density at radius 2 is 1.79 bits per heavy atom. The Morgan fingerprint density at radius 1 is 1.08 bits per heavy atom. The zero-order valence-corrected chi connectivity index (χ0v) is 14.3. The monoisotopic (exact) mass is 344 g/mol. The highest BCUT2D eigenvalue weighted by atomic mass is 32.1. The zero-order valence-electron chi connectivity index (χ0n) is 13.5. The number of aryl methyl sites for hydroxylation is 3. The minimum atomic E-state index is -0.627. The molecule has 2 aromatic heterocycles. The van der Waals surface area contributed by atoms with E-state index in [-0.39, 0.29) is 12.3 Å². The lowest BCUT2D eigenvalue weighted by atomic mass is 10.1. The molecule has 3 aromatic rings. The first-order valence-corrected chi connectivity index (χ1v) is 8.17. The predicted molar refractivity (Wildman–Crippen MR) is 92.8 cm³/mol. The summed E-state index contributed by atoms with van der Waals surface area (Å²) in [7, 11) is 0. The van der Waals surface area contributed by atoms with Crippen LogP contribution in [0.4, 0.5) is 0 Å². The van der Waals surface area contributed by atoms with Gasteiger partial charge >= 0.3 is 11.7 Å². The van der Waals surface area contributed by atoms with E-state index in [9.17, 15) is 14.4 Å². The molecule has 7 heteroatoms. The number of aromatic nitrogens is 2. The van der Waals surface area contributed by atoms with Crippen molar-refractivity contribution in [3.05, 3.63) is 66.3 Å². The maximum Gasteiger partial charge on any atom is 0.349 e. The lowest BCUT2D eigenvalue weighted by molar-refractivity contribution is 0.0472. The van der Waals surface area contributed by atoms with Gasteiger partial charge in [0, 0.05) is 10.8 Å². The fourth-order valence-corrected chi connectivity index (χ4v) is 3.66. The van der Waals surface area contributed by atoms with Crippen molar-refractivity contribution in [1.82, 2.24) is 9.97 Å². The summed E-state index contributed by atoms with van der Waals surface area (Å²) in [6.45, 7) is 5.79. The normalized spacial score (nSPS) is 11.0. The van der Waals surface area contributed by atoms with Crippen LogP contribution in [0.25, 0.3) is 10.1 Å². The van der Waals surface area contributed by atoms with Crippen LogP contribution in [0.5, 0.6) is 0 Å². The molecular formula is C17H16N2O4S. The van der Waals surface area contributed by atoms with Crippen LogP contribution in [-0.4, -0.2) is 15.9 Å². The summed E-state index contributed by atoms with van der Waals surface area (Å²) in [6, 6.07) is 5.33. The fraction of sp³-hybridized carbons (Fsp3) is 0.235. The largest absolute Gasteiger partial charge is 0.455 e. The minimum Gasteiger partial charge on any atom is -0.455 e. The molecule has 0 saturated heterocycles. The van der Waals surface area contributed by atoms with Crippen molar-refractivity contribution >= 4 is 27.4 Å². The molecule has 0 saturated carbocycles. The molecule has 0 aliphatic carbocycles. The van der Waals surface area contributed by atoms with Gasteiger partial charge in [-0.3, -0.25) is 9.78 Å². The highest BCUT2D eigenvalue weighted by Gasteiger charge is 2.17. The van der Waals surface area contributed by atoms with Gasteiger partial charge in [0.15, 0.2) is 0 Å². The highest BCUT2D eigenvalue weighted by molar-refractivity contribution is 7.21. The third kappa shape index (κ3) is 3.03. The van der Waals surface area contributed by atoms with Crippen molar-refractivity contribution in [2.24, 2.45) is 0 Å². The SMILES string of the molecule is Cc1cc2sc(C(=O)OCc3cc(=O)[nH]c(=O)[nH]3)c(C)c2cc1C. The van der Waals surface area contributed by atoms with Crippen LogP contribution in [-0.2, 0) is 11.3 Å². The number of ether oxygens (including phenoxy) is 1. The van der Waals surface area contributed by atoms with Crippen molar-refractivity contribution in [3.8, 4) is 0 Å². The molecule has 6 nitrogen and oxygen atoms in total. The Kier molecular flexibility index (Phi) is 4.11. The van der Waals surface area contributed by atoms with Crippen molar-refractivity contribution < 1.29 is 9.53 Å². The Bertz CT molecular complexity index is 1030. The van der Waals surface area contributed by atoms with E-state index in [1.54, 1.807) is 0 Å². The fourth-order valence-electron chi connectivity index (χ4n) is 2.48. The number of rotatable bonds is 3. The number of carbonyl (C=O) groups is 1. The topological polar surface area (TPSA) is 92.0 Å². The molecule has 0 unspecified atom stereocenters. The Labute approximate surface area is 141 Å². The molecule has 0 aliphatic rings. The van der Waals surface area contributed by atoms with Gasteiger partial charge in [-0.2, -0.15) is 0 Å². The molecule has 1 aromatic carbocycles.